The fourth-order valence-corrected chi connectivity index (χ4v) is 1.93. The standard InChI is InChI=1S/C15H14FNO/c1-3-11-5-4-6-17-14(11)15(18)12-7-10(2)8-13(16)9-12/h4-9H,3H2,1-2H3. The number of pyridine rings is 1. The monoisotopic (exact) mass is 243 g/mol. The number of nitrogens with zero attached hydrogens (tertiary/aromatic N) is 1. The molecule has 2 rings (SSSR count). The molecule has 0 N–H and O–H groups in total. The van der Waals surface area contributed by atoms with E-state index in [4.69, 9.17) is 0 Å². The van der Waals surface area contributed by atoms with E-state index in [1.807, 2.05) is 13.0 Å². The SMILES string of the molecule is CCc1cccnc1C(=O)c1cc(C)cc(F)c1. The molecule has 0 amide bonds. The number of aromatic nitrogens is 1. The normalized spacial score (nSPS) is 10.4. The van der Waals surface area contributed by atoms with Crippen molar-refractivity contribution in [2.24, 2.45) is 0 Å². The van der Waals surface area contributed by atoms with E-state index >= 15 is 0 Å². The maximum atomic E-state index is 13.3. The predicted octanol–water partition coefficient (Wildman–Crippen LogP) is 3.32. The molecule has 0 saturated heterocycles. The second kappa shape index (κ2) is 5.08. The molecule has 0 radical (unpaired) electrons. The molecule has 0 atom stereocenters. The number of halogens is 1. The van der Waals surface area contributed by atoms with Crippen molar-refractivity contribution in [1.29, 1.82) is 0 Å². The van der Waals surface area contributed by atoms with Gasteiger partial charge in [-0.1, -0.05) is 13.0 Å². The Labute approximate surface area is 105 Å². The van der Waals surface area contributed by atoms with E-state index < -0.39 is 5.82 Å². The van der Waals surface area contributed by atoms with E-state index in [9.17, 15) is 9.18 Å². The van der Waals surface area contributed by atoms with Crippen molar-refractivity contribution in [3.8, 4) is 0 Å². The summed E-state index contributed by atoms with van der Waals surface area (Å²) >= 11 is 0. The van der Waals surface area contributed by atoms with Crippen LogP contribution in [0, 0.1) is 12.7 Å². The zero-order valence-corrected chi connectivity index (χ0v) is 10.4. The van der Waals surface area contributed by atoms with E-state index in [0.717, 1.165) is 17.5 Å². The zero-order chi connectivity index (χ0) is 13.1. The summed E-state index contributed by atoms with van der Waals surface area (Å²) in [5, 5.41) is 0. The van der Waals surface area contributed by atoms with Gasteiger partial charge in [0.15, 0.2) is 0 Å². The topological polar surface area (TPSA) is 30.0 Å². The highest BCUT2D eigenvalue weighted by molar-refractivity contribution is 6.08. The van der Waals surface area contributed by atoms with Crippen molar-refractivity contribution in [2.45, 2.75) is 20.3 Å². The van der Waals surface area contributed by atoms with Crippen LogP contribution in [0.15, 0.2) is 36.5 Å². The van der Waals surface area contributed by atoms with E-state index in [2.05, 4.69) is 4.98 Å². The molecule has 0 fully saturated rings. The molecule has 2 aromatic rings. The van der Waals surface area contributed by atoms with Gasteiger partial charge in [0, 0.05) is 11.8 Å². The van der Waals surface area contributed by atoms with Gasteiger partial charge >= 0.3 is 0 Å². The molecule has 0 saturated carbocycles. The first-order valence-corrected chi connectivity index (χ1v) is 5.87. The Morgan fingerprint density at radius 2 is 2.11 bits per heavy atom. The van der Waals surface area contributed by atoms with E-state index in [0.29, 0.717) is 11.3 Å². The molecule has 0 aliphatic rings. The van der Waals surface area contributed by atoms with Gasteiger partial charge in [0.2, 0.25) is 5.78 Å². The van der Waals surface area contributed by atoms with Crippen molar-refractivity contribution >= 4 is 5.78 Å². The molecule has 0 unspecified atom stereocenters. The maximum absolute atomic E-state index is 13.3. The lowest BCUT2D eigenvalue weighted by atomic mass is 10.0. The Kier molecular flexibility index (Phi) is 3.51. The number of carbonyl (C=O) groups excluding carboxylic acids is 1. The lowest BCUT2D eigenvalue weighted by molar-refractivity contribution is 0.103. The molecule has 0 spiro atoms. The summed E-state index contributed by atoms with van der Waals surface area (Å²) in [6.45, 7) is 3.73. The van der Waals surface area contributed by atoms with Crippen LogP contribution < -0.4 is 0 Å². The minimum absolute atomic E-state index is 0.227. The summed E-state index contributed by atoms with van der Waals surface area (Å²) in [6, 6.07) is 8.00. The minimum Gasteiger partial charge on any atom is -0.287 e. The highest BCUT2D eigenvalue weighted by Gasteiger charge is 2.15. The summed E-state index contributed by atoms with van der Waals surface area (Å²) in [5.41, 5.74) is 2.36. The van der Waals surface area contributed by atoms with Gasteiger partial charge in [-0.3, -0.25) is 9.78 Å². The summed E-state index contributed by atoms with van der Waals surface area (Å²) in [7, 11) is 0. The average molecular weight is 243 g/mol. The van der Waals surface area contributed by atoms with Gasteiger partial charge in [-0.2, -0.15) is 0 Å². The van der Waals surface area contributed by atoms with Crippen molar-refractivity contribution in [1.82, 2.24) is 4.98 Å². The van der Waals surface area contributed by atoms with Gasteiger partial charge in [-0.05, 0) is 48.7 Å². The smallest absolute Gasteiger partial charge is 0.211 e. The molecule has 1 aromatic carbocycles. The van der Waals surface area contributed by atoms with Gasteiger partial charge in [-0.15, -0.1) is 0 Å². The Hall–Kier alpha value is -2.03. The van der Waals surface area contributed by atoms with Crippen LogP contribution in [0.2, 0.25) is 0 Å². The molecule has 0 bridgehead atoms. The van der Waals surface area contributed by atoms with Crippen molar-refractivity contribution in [2.75, 3.05) is 0 Å². The Balaban J connectivity index is 2.47. The van der Waals surface area contributed by atoms with Gasteiger partial charge in [0.1, 0.15) is 11.5 Å². The number of aryl methyl sites for hydroxylation is 2. The molecule has 0 aliphatic carbocycles. The quantitative estimate of drug-likeness (QED) is 0.774. The highest BCUT2D eigenvalue weighted by atomic mass is 19.1. The number of rotatable bonds is 3. The van der Waals surface area contributed by atoms with Crippen molar-refractivity contribution < 1.29 is 9.18 Å². The average Bonchev–Trinajstić information content (AvgIpc) is 2.36. The summed E-state index contributed by atoms with van der Waals surface area (Å²) in [5.74, 6) is -0.623. The number of hydrogen-bond donors (Lipinski definition) is 0. The van der Waals surface area contributed by atoms with Crippen LogP contribution in [-0.2, 0) is 6.42 Å². The van der Waals surface area contributed by atoms with Crippen LogP contribution in [0.5, 0.6) is 0 Å². The molecular weight excluding hydrogens is 229 g/mol. The van der Waals surface area contributed by atoms with Crippen LogP contribution in [0.1, 0.15) is 34.1 Å². The Morgan fingerprint density at radius 3 is 2.78 bits per heavy atom. The lowest BCUT2D eigenvalue weighted by Crippen LogP contribution is -2.08. The molecule has 3 heteroatoms. The van der Waals surface area contributed by atoms with Crippen molar-refractivity contribution in [3.63, 3.8) is 0 Å². The lowest BCUT2D eigenvalue weighted by Gasteiger charge is -2.06. The van der Waals surface area contributed by atoms with Crippen molar-refractivity contribution in [3.05, 3.63) is 64.7 Å². The molecule has 0 aliphatic heterocycles. The van der Waals surface area contributed by atoms with Gasteiger partial charge < -0.3 is 0 Å². The van der Waals surface area contributed by atoms with E-state index in [1.165, 1.54) is 12.1 Å². The number of ketones is 1. The third kappa shape index (κ3) is 2.45. The molecule has 2 nitrogen and oxygen atoms in total. The zero-order valence-electron chi connectivity index (χ0n) is 10.4. The van der Waals surface area contributed by atoms with Crippen LogP contribution in [0.4, 0.5) is 4.39 Å². The Bertz CT molecular complexity index is 573. The first-order valence-electron chi connectivity index (χ1n) is 5.87. The third-order valence-corrected chi connectivity index (χ3v) is 2.79. The molecule has 1 aromatic heterocycles. The predicted molar refractivity (Wildman–Crippen MR) is 68.2 cm³/mol. The molecule has 18 heavy (non-hydrogen) atoms. The maximum Gasteiger partial charge on any atom is 0.211 e. The summed E-state index contributed by atoms with van der Waals surface area (Å²) in [6.07, 6.45) is 2.31. The second-order valence-corrected chi connectivity index (χ2v) is 4.21. The summed E-state index contributed by atoms with van der Waals surface area (Å²) < 4.78 is 13.3. The highest BCUT2D eigenvalue weighted by Crippen LogP contribution is 2.15. The largest absolute Gasteiger partial charge is 0.287 e. The van der Waals surface area contributed by atoms with Crippen LogP contribution in [-0.4, -0.2) is 10.8 Å². The van der Waals surface area contributed by atoms with E-state index in [1.54, 1.807) is 25.3 Å². The van der Waals surface area contributed by atoms with Gasteiger partial charge in [-0.25, -0.2) is 4.39 Å². The van der Waals surface area contributed by atoms with Crippen LogP contribution in [0.25, 0.3) is 0 Å². The fraction of sp³-hybridized carbons (Fsp3) is 0.200. The fourth-order valence-electron chi connectivity index (χ4n) is 1.93. The van der Waals surface area contributed by atoms with Crippen LogP contribution in [0.3, 0.4) is 0 Å². The number of carbonyl (C=O) groups is 1. The number of hydrogen-bond acceptors (Lipinski definition) is 2. The molecular formula is C15H14FNO. The van der Waals surface area contributed by atoms with E-state index in [-0.39, 0.29) is 5.78 Å². The van der Waals surface area contributed by atoms with Gasteiger partial charge in [0.05, 0.1) is 0 Å². The third-order valence-electron chi connectivity index (χ3n) is 2.79. The first-order chi connectivity index (χ1) is 8.61. The Morgan fingerprint density at radius 1 is 1.33 bits per heavy atom. The van der Waals surface area contributed by atoms with Gasteiger partial charge in [0.25, 0.3) is 0 Å². The second-order valence-electron chi connectivity index (χ2n) is 4.21. The minimum atomic E-state index is -0.396. The first kappa shape index (κ1) is 12.4. The molecule has 92 valence electrons. The number of benzene rings is 1. The molecule has 1 heterocycles. The van der Waals surface area contributed by atoms with Crippen LogP contribution >= 0.6 is 0 Å². The summed E-state index contributed by atoms with van der Waals surface area (Å²) in [4.78, 5) is 16.4.